The molecule has 0 amide bonds. The van der Waals surface area contributed by atoms with E-state index in [2.05, 4.69) is 0 Å². The molecule has 0 spiro atoms. The second-order valence-corrected chi connectivity index (χ2v) is 3.06. The van der Waals surface area contributed by atoms with Gasteiger partial charge in [0.15, 0.2) is 5.78 Å². The Kier molecular flexibility index (Phi) is 3.44. The second kappa shape index (κ2) is 4.38. The van der Waals surface area contributed by atoms with Crippen LogP contribution < -0.4 is 0 Å². The van der Waals surface area contributed by atoms with Gasteiger partial charge in [0.2, 0.25) is 0 Å². The van der Waals surface area contributed by atoms with Crippen molar-refractivity contribution >= 4 is 5.78 Å². The predicted octanol–water partition coefficient (Wildman–Crippen LogP) is 0.937. The van der Waals surface area contributed by atoms with Gasteiger partial charge in [-0.25, -0.2) is 0 Å². The van der Waals surface area contributed by atoms with Gasteiger partial charge in [0, 0.05) is 0 Å². The summed E-state index contributed by atoms with van der Waals surface area (Å²) in [4.78, 5) is 11.3. The fourth-order valence-corrected chi connectivity index (χ4v) is 1.03. The van der Waals surface area contributed by atoms with E-state index in [0.29, 0.717) is 19.8 Å². The number of ether oxygens (including phenoxy) is 2. The van der Waals surface area contributed by atoms with E-state index in [0.717, 1.165) is 5.57 Å². The fourth-order valence-electron chi connectivity index (χ4n) is 1.03. The van der Waals surface area contributed by atoms with Crippen molar-refractivity contribution in [1.29, 1.82) is 0 Å². The zero-order chi connectivity index (χ0) is 8.97. The molecule has 1 unspecified atom stereocenters. The van der Waals surface area contributed by atoms with Crippen LogP contribution >= 0.6 is 0 Å². The van der Waals surface area contributed by atoms with Gasteiger partial charge in [-0.15, -0.1) is 0 Å². The number of carbonyl (C=O) groups is 1. The molecule has 1 aliphatic rings. The smallest absolute Gasteiger partial charge is 0.186 e. The number of ketones is 1. The van der Waals surface area contributed by atoms with Gasteiger partial charge in [-0.3, -0.25) is 4.79 Å². The van der Waals surface area contributed by atoms with Crippen LogP contribution in [0.15, 0.2) is 11.6 Å². The third-order valence-electron chi connectivity index (χ3n) is 1.56. The minimum atomic E-state index is -0.381. The monoisotopic (exact) mass is 170 g/mol. The lowest BCUT2D eigenvalue weighted by Gasteiger charge is -2.20. The summed E-state index contributed by atoms with van der Waals surface area (Å²) >= 11 is 0. The van der Waals surface area contributed by atoms with Gasteiger partial charge in [0.1, 0.15) is 6.10 Å². The molecule has 0 aliphatic carbocycles. The van der Waals surface area contributed by atoms with Crippen LogP contribution in [0.5, 0.6) is 0 Å². The summed E-state index contributed by atoms with van der Waals surface area (Å²) < 4.78 is 10.3. The highest BCUT2D eigenvalue weighted by Crippen LogP contribution is 2.04. The molecule has 1 heterocycles. The third-order valence-corrected chi connectivity index (χ3v) is 1.56. The molecule has 1 atom stereocenters. The van der Waals surface area contributed by atoms with Crippen LogP contribution in [-0.2, 0) is 14.3 Å². The Morgan fingerprint density at radius 2 is 2.17 bits per heavy atom. The van der Waals surface area contributed by atoms with E-state index in [4.69, 9.17) is 9.47 Å². The molecule has 12 heavy (non-hydrogen) atoms. The van der Waals surface area contributed by atoms with Crippen LogP contribution in [0.2, 0.25) is 0 Å². The number of hydrogen-bond donors (Lipinski definition) is 0. The van der Waals surface area contributed by atoms with Crippen molar-refractivity contribution in [3.05, 3.63) is 11.6 Å². The first kappa shape index (κ1) is 9.42. The first-order valence-electron chi connectivity index (χ1n) is 4.08. The van der Waals surface area contributed by atoms with Crippen molar-refractivity contribution in [3.8, 4) is 0 Å². The molecule has 0 aromatic carbocycles. The Morgan fingerprint density at radius 3 is 2.67 bits per heavy atom. The van der Waals surface area contributed by atoms with E-state index in [1.165, 1.54) is 0 Å². The van der Waals surface area contributed by atoms with Gasteiger partial charge < -0.3 is 9.47 Å². The Labute approximate surface area is 72.4 Å². The summed E-state index contributed by atoms with van der Waals surface area (Å²) in [7, 11) is 0. The van der Waals surface area contributed by atoms with Crippen LogP contribution in [0.3, 0.4) is 0 Å². The minimum absolute atomic E-state index is 0.00898. The van der Waals surface area contributed by atoms with Crippen molar-refractivity contribution in [3.63, 3.8) is 0 Å². The zero-order valence-electron chi connectivity index (χ0n) is 7.50. The summed E-state index contributed by atoms with van der Waals surface area (Å²) in [6.45, 7) is 5.29. The molecular weight excluding hydrogens is 156 g/mol. The summed E-state index contributed by atoms with van der Waals surface area (Å²) in [6, 6.07) is 0. The number of hydrogen-bond acceptors (Lipinski definition) is 3. The van der Waals surface area contributed by atoms with Crippen molar-refractivity contribution in [2.24, 2.45) is 0 Å². The molecule has 0 radical (unpaired) electrons. The Balaban J connectivity index is 2.45. The van der Waals surface area contributed by atoms with E-state index in [1.807, 2.05) is 13.8 Å². The normalized spacial score (nSPS) is 23.3. The van der Waals surface area contributed by atoms with Gasteiger partial charge >= 0.3 is 0 Å². The molecule has 1 rings (SSSR count). The molecule has 1 aliphatic heterocycles. The average molecular weight is 170 g/mol. The Hall–Kier alpha value is -0.670. The lowest BCUT2D eigenvalue weighted by molar-refractivity contribution is -0.140. The fraction of sp³-hybridized carbons (Fsp3) is 0.667. The highest BCUT2D eigenvalue weighted by molar-refractivity contribution is 5.94. The third kappa shape index (κ3) is 2.75. The quantitative estimate of drug-likeness (QED) is 0.578. The minimum Gasteiger partial charge on any atom is -0.376 e. The average Bonchev–Trinajstić information content (AvgIpc) is 2.05. The van der Waals surface area contributed by atoms with Gasteiger partial charge in [-0.2, -0.15) is 0 Å². The van der Waals surface area contributed by atoms with Crippen molar-refractivity contribution in [1.82, 2.24) is 0 Å². The maximum absolute atomic E-state index is 11.3. The molecule has 0 N–H and O–H groups in total. The summed E-state index contributed by atoms with van der Waals surface area (Å²) in [6.07, 6.45) is 1.22. The van der Waals surface area contributed by atoms with E-state index < -0.39 is 0 Å². The largest absolute Gasteiger partial charge is 0.376 e. The summed E-state index contributed by atoms with van der Waals surface area (Å²) in [5.41, 5.74) is 0.995. The van der Waals surface area contributed by atoms with E-state index in [9.17, 15) is 4.79 Å². The number of rotatable bonds is 2. The molecule has 1 fully saturated rings. The van der Waals surface area contributed by atoms with Gasteiger partial charge in [-0.05, 0) is 19.9 Å². The SMILES string of the molecule is CC(C)=CC(=O)C1COCCO1. The van der Waals surface area contributed by atoms with Crippen LogP contribution in [0.1, 0.15) is 13.8 Å². The molecule has 1 saturated heterocycles. The maximum Gasteiger partial charge on any atom is 0.186 e. The summed E-state index contributed by atoms with van der Waals surface area (Å²) in [5.74, 6) is 0.00898. The topological polar surface area (TPSA) is 35.5 Å². The van der Waals surface area contributed by atoms with Gasteiger partial charge in [0.25, 0.3) is 0 Å². The molecule has 0 aromatic heterocycles. The standard InChI is InChI=1S/C9H14O3/c1-7(2)5-8(10)9-6-11-3-4-12-9/h5,9H,3-4,6H2,1-2H3. The summed E-state index contributed by atoms with van der Waals surface area (Å²) in [5, 5.41) is 0. The van der Waals surface area contributed by atoms with E-state index in [-0.39, 0.29) is 11.9 Å². The molecule has 0 saturated carbocycles. The molecule has 0 bridgehead atoms. The molecule has 68 valence electrons. The first-order valence-corrected chi connectivity index (χ1v) is 4.08. The molecule has 3 nitrogen and oxygen atoms in total. The molecule has 3 heteroatoms. The number of allylic oxidation sites excluding steroid dienone is 1. The van der Waals surface area contributed by atoms with Crippen molar-refractivity contribution < 1.29 is 14.3 Å². The van der Waals surface area contributed by atoms with Crippen molar-refractivity contribution in [2.75, 3.05) is 19.8 Å². The lowest BCUT2D eigenvalue weighted by atomic mass is 10.2. The van der Waals surface area contributed by atoms with E-state index in [1.54, 1.807) is 6.08 Å². The lowest BCUT2D eigenvalue weighted by Crippen LogP contribution is -2.34. The first-order chi connectivity index (χ1) is 5.70. The van der Waals surface area contributed by atoms with Crippen LogP contribution in [-0.4, -0.2) is 31.7 Å². The van der Waals surface area contributed by atoms with Crippen molar-refractivity contribution in [2.45, 2.75) is 20.0 Å². The van der Waals surface area contributed by atoms with Crippen LogP contribution in [0.25, 0.3) is 0 Å². The Bertz CT molecular complexity index is 186. The maximum atomic E-state index is 11.3. The Morgan fingerprint density at radius 1 is 1.42 bits per heavy atom. The zero-order valence-corrected chi connectivity index (χ0v) is 7.50. The molecule has 0 aromatic rings. The predicted molar refractivity (Wildman–Crippen MR) is 45.0 cm³/mol. The van der Waals surface area contributed by atoms with Crippen LogP contribution in [0.4, 0.5) is 0 Å². The highest BCUT2D eigenvalue weighted by atomic mass is 16.6. The molecular formula is C9H14O3. The van der Waals surface area contributed by atoms with Gasteiger partial charge in [0.05, 0.1) is 19.8 Å². The van der Waals surface area contributed by atoms with Crippen LogP contribution in [0, 0.1) is 0 Å². The van der Waals surface area contributed by atoms with E-state index >= 15 is 0 Å². The van der Waals surface area contributed by atoms with Gasteiger partial charge in [-0.1, -0.05) is 5.57 Å². The number of carbonyl (C=O) groups excluding carboxylic acids is 1. The second-order valence-electron chi connectivity index (χ2n) is 3.06. The highest BCUT2D eigenvalue weighted by Gasteiger charge is 2.20.